The summed E-state index contributed by atoms with van der Waals surface area (Å²) < 4.78 is 0.856. The number of allylic oxidation sites excluding steroid dienone is 1. The summed E-state index contributed by atoms with van der Waals surface area (Å²) >= 11 is 0. The first kappa shape index (κ1) is 14.0. The first-order valence-corrected chi connectivity index (χ1v) is 6.60. The van der Waals surface area contributed by atoms with Crippen LogP contribution in [-0.2, 0) is 0 Å². The molecule has 2 rings (SSSR count). The molecule has 0 amide bonds. The maximum absolute atomic E-state index is 11.8. The summed E-state index contributed by atoms with van der Waals surface area (Å²) in [6.07, 6.45) is 5.20. The van der Waals surface area contributed by atoms with E-state index in [0.717, 1.165) is 10.3 Å². The van der Waals surface area contributed by atoms with E-state index in [1.165, 1.54) is 16.8 Å². The molecule has 0 heterocycles. The Morgan fingerprint density at radius 1 is 0.950 bits per heavy atom. The molecule has 0 aliphatic carbocycles. The van der Waals surface area contributed by atoms with Crippen LogP contribution in [0, 0.1) is 5.21 Å². The number of para-hydroxylation sites is 1. The molecule has 0 radical (unpaired) electrons. The third-order valence-corrected chi connectivity index (χ3v) is 3.01. The maximum atomic E-state index is 11.8. The second-order valence-corrected chi connectivity index (χ2v) is 4.79. The first-order valence-electron chi connectivity index (χ1n) is 6.60. The molecule has 0 atom stereocenters. The summed E-state index contributed by atoms with van der Waals surface area (Å²) in [6, 6.07) is 17.4. The van der Waals surface area contributed by atoms with E-state index >= 15 is 0 Å². The summed E-state index contributed by atoms with van der Waals surface area (Å²) in [7, 11) is 4.18. The van der Waals surface area contributed by atoms with E-state index in [4.69, 9.17) is 0 Å². The molecule has 0 aromatic heterocycles. The van der Waals surface area contributed by atoms with Crippen LogP contribution in [0.4, 0.5) is 11.4 Å². The lowest BCUT2D eigenvalue weighted by Crippen LogP contribution is -3.00. The Labute approximate surface area is 119 Å². The van der Waals surface area contributed by atoms with Crippen molar-refractivity contribution in [3.63, 3.8) is 0 Å². The van der Waals surface area contributed by atoms with Gasteiger partial charge in [0, 0.05) is 18.2 Å². The molecule has 0 saturated carbocycles. The fourth-order valence-corrected chi connectivity index (χ4v) is 1.82. The van der Waals surface area contributed by atoms with Crippen molar-refractivity contribution in [2.45, 2.75) is 0 Å². The van der Waals surface area contributed by atoms with Crippen molar-refractivity contribution >= 4 is 23.7 Å². The fraction of sp³-hybridized carbons (Fsp3) is 0.118. The molecule has 0 bridgehead atoms. The second kappa shape index (κ2) is 6.68. The van der Waals surface area contributed by atoms with Crippen molar-refractivity contribution in [1.82, 2.24) is 0 Å². The number of benzene rings is 2. The van der Waals surface area contributed by atoms with Gasteiger partial charge in [0.15, 0.2) is 6.21 Å². The smallest absolute Gasteiger partial charge is 0.216 e. The molecule has 2 aromatic carbocycles. The van der Waals surface area contributed by atoms with Crippen LogP contribution < -0.4 is 4.90 Å². The van der Waals surface area contributed by atoms with Gasteiger partial charge in [-0.05, 0) is 35.9 Å². The summed E-state index contributed by atoms with van der Waals surface area (Å²) in [5.41, 5.74) is 2.94. The van der Waals surface area contributed by atoms with Crippen molar-refractivity contribution in [2.24, 2.45) is 0 Å². The van der Waals surface area contributed by atoms with Crippen molar-refractivity contribution in [3.8, 4) is 0 Å². The topological polar surface area (TPSA) is 30.5 Å². The fourth-order valence-electron chi connectivity index (χ4n) is 1.82. The van der Waals surface area contributed by atoms with E-state index in [1.54, 1.807) is 18.2 Å². The molecule has 20 heavy (non-hydrogen) atoms. The highest BCUT2D eigenvalue weighted by Gasteiger charge is 1.98. The Balaban J connectivity index is 2.06. The van der Waals surface area contributed by atoms with E-state index in [0.29, 0.717) is 5.69 Å². The number of hydrogen-bond acceptors (Lipinski definition) is 1. The van der Waals surface area contributed by atoms with Crippen LogP contribution in [0.1, 0.15) is 5.56 Å². The molecule has 0 aliphatic heterocycles. The van der Waals surface area contributed by atoms with Gasteiger partial charge in [-0.2, -0.15) is 4.74 Å². The number of quaternary nitrogens is 1. The highest BCUT2D eigenvalue weighted by molar-refractivity contribution is 5.75. The lowest BCUT2D eigenvalue weighted by Gasteiger charge is -2.05. The quantitative estimate of drug-likeness (QED) is 0.392. The average Bonchev–Trinajstić information content (AvgIpc) is 2.48. The predicted molar refractivity (Wildman–Crippen MR) is 83.7 cm³/mol. The molecule has 0 spiro atoms. The van der Waals surface area contributed by atoms with Gasteiger partial charge >= 0.3 is 0 Å². The average molecular weight is 267 g/mol. The lowest BCUT2D eigenvalue weighted by atomic mass is 10.2. The van der Waals surface area contributed by atoms with Gasteiger partial charge in [0.2, 0.25) is 5.69 Å². The summed E-state index contributed by atoms with van der Waals surface area (Å²) in [5.74, 6) is 0. The first-order chi connectivity index (χ1) is 9.66. The van der Waals surface area contributed by atoms with Gasteiger partial charge in [0.1, 0.15) is 5.69 Å². The second-order valence-electron chi connectivity index (χ2n) is 4.79. The minimum absolute atomic E-state index is 0.628. The minimum Gasteiger partial charge on any atom is -0.618 e. The van der Waals surface area contributed by atoms with Gasteiger partial charge in [-0.15, -0.1) is 0 Å². The van der Waals surface area contributed by atoms with Gasteiger partial charge in [-0.1, -0.05) is 18.2 Å². The molecule has 2 aromatic rings. The van der Waals surface area contributed by atoms with Gasteiger partial charge < -0.3 is 10.1 Å². The minimum atomic E-state index is 0.628. The SMILES string of the molecule is C[NH+](C)c1ccc(/C=C/C=[N+](\[O-])c2ccccc2)cc1. The zero-order chi connectivity index (χ0) is 14.4. The normalized spacial score (nSPS) is 12.2. The monoisotopic (exact) mass is 267 g/mol. The van der Waals surface area contributed by atoms with Gasteiger partial charge in [0.25, 0.3) is 0 Å². The largest absolute Gasteiger partial charge is 0.618 e. The van der Waals surface area contributed by atoms with E-state index < -0.39 is 0 Å². The van der Waals surface area contributed by atoms with Gasteiger partial charge in [0.05, 0.1) is 14.1 Å². The Morgan fingerprint density at radius 2 is 1.60 bits per heavy atom. The molecule has 0 aliphatic rings. The van der Waals surface area contributed by atoms with Crippen molar-refractivity contribution in [1.29, 1.82) is 0 Å². The highest BCUT2D eigenvalue weighted by atomic mass is 16.5. The van der Waals surface area contributed by atoms with Crippen LogP contribution in [0.25, 0.3) is 6.08 Å². The maximum Gasteiger partial charge on any atom is 0.216 e. The van der Waals surface area contributed by atoms with Crippen LogP contribution >= 0.6 is 0 Å². The number of hydrogen-bond donors (Lipinski definition) is 1. The molecular formula is C17H19N2O+. The zero-order valence-corrected chi connectivity index (χ0v) is 11.8. The van der Waals surface area contributed by atoms with E-state index in [9.17, 15) is 5.21 Å². The lowest BCUT2D eigenvalue weighted by molar-refractivity contribution is -0.786. The number of nitrogens with zero attached hydrogens (tertiary/aromatic N) is 1. The third kappa shape index (κ3) is 3.80. The third-order valence-electron chi connectivity index (χ3n) is 3.01. The van der Waals surface area contributed by atoms with Crippen molar-refractivity contribution in [3.05, 3.63) is 71.4 Å². The van der Waals surface area contributed by atoms with Crippen LogP contribution in [0.2, 0.25) is 0 Å². The molecular weight excluding hydrogens is 248 g/mol. The standard InChI is InChI=1S/C17H18N2O/c1-18(2)16-12-10-15(11-13-16)7-6-14-19(20)17-8-4-3-5-9-17/h3-14H,1-2H3/p+1/b7-6+,19-14-. The van der Waals surface area contributed by atoms with Crippen molar-refractivity contribution in [2.75, 3.05) is 14.1 Å². The molecule has 0 unspecified atom stereocenters. The van der Waals surface area contributed by atoms with E-state index in [-0.39, 0.29) is 0 Å². The van der Waals surface area contributed by atoms with Crippen LogP contribution in [0.15, 0.2) is 60.7 Å². The molecule has 1 N–H and O–H groups in total. The predicted octanol–water partition coefficient (Wildman–Crippen LogP) is 2.39. The molecule has 0 saturated heterocycles. The van der Waals surface area contributed by atoms with E-state index in [2.05, 4.69) is 26.2 Å². The zero-order valence-electron chi connectivity index (χ0n) is 11.8. The Morgan fingerprint density at radius 3 is 2.20 bits per heavy atom. The summed E-state index contributed by atoms with van der Waals surface area (Å²) in [5, 5.41) is 11.8. The molecule has 0 fully saturated rings. The highest BCUT2D eigenvalue weighted by Crippen LogP contribution is 2.09. The van der Waals surface area contributed by atoms with Crippen LogP contribution in [0.5, 0.6) is 0 Å². The van der Waals surface area contributed by atoms with Crippen LogP contribution in [-0.4, -0.2) is 25.0 Å². The van der Waals surface area contributed by atoms with Crippen molar-refractivity contribution < 1.29 is 9.64 Å². The van der Waals surface area contributed by atoms with Gasteiger partial charge in [-0.3, -0.25) is 0 Å². The Kier molecular flexibility index (Phi) is 4.69. The molecule has 102 valence electrons. The number of rotatable bonds is 4. The van der Waals surface area contributed by atoms with Crippen LogP contribution in [0.3, 0.4) is 0 Å². The summed E-state index contributed by atoms with van der Waals surface area (Å²) in [6.45, 7) is 0. The summed E-state index contributed by atoms with van der Waals surface area (Å²) in [4.78, 5) is 1.29. The Hall–Kier alpha value is -2.39. The number of nitrogens with one attached hydrogen (secondary N) is 1. The Bertz CT molecular complexity index is 599. The van der Waals surface area contributed by atoms with Gasteiger partial charge in [-0.25, -0.2) is 0 Å². The molecule has 3 heteroatoms. The van der Waals surface area contributed by atoms with E-state index in [1.807, 2.05) is 36.4 Å². The molecule has 3 nitrogen and oxygen atoms in total.